The molecule has 1 unspecified atom stereocenters. The van der Waals surface area contributed by atoms with Crippen LogP contribution >= 0.6 is 23.2 Å². The number of nitrogens with zero attached hydrogens (tertiary/aromatic N) is 7. The first-order chi connectivity index (χ1) is 38.2. The molecule has 7 aromatic rings. The number of benzene rings is 6. The molecule has 0 bridgehead atoms. The minimum absolute atomic E-state index is 0. The van der Waals surface area contributed by atoms with Gasteiger partial charge in [-0.3, -0.25) is 27.2 Å². The van der Waals surface area contributed by atoms with Gasteiger partial charge in [0.25, 0.3) is 30.4 Å². The number of azo groups is 2. The lowest BCUT2D eigenvalue weighted by molar-refractivity contribution is -0.113. The van der Waals surface area contributed by atoms with Gasteiger partial charge in [0.05, 0.1) is 33.5 Å². The van der Waals surface area contributed by atoms with E-state index in [-0.39, 0.29) is 75.5 Å². The van der Waals surface area contributed by atoms with Crippen LogP contribution in [0.2, 0.25) is 5.28 Å². The Morgan fingerprint density at radius 3 is 1.81 bits per heavy atom. The van der Waals surface area contributed by atoms with Crippen LogP contribution in [0.25, 0.3) is 21.5 Å². The Morgan fingerprint density at radius 1 is 0.675 bits per heavy atom. The molecular formula is C45H44Cl2N10O20S6. The van der Waals surface area contributed by atoms with E-state index in [1.54, 1.807) is 6.92 Å². The summed E-state index contributed by atoms with van der Waals surface area (Å²) in [5, 5.41) is 45.9. The number of carbonyl (C=O) groups excluding carboxylic acids is 1. The molecule has 0 aliphatic rings. The summed E-state index contributed by atoms with van der Waals surface area (Å²) in [7, 11) is -24.8. The van der Waals surface area contributed by atoms with E-state index < -0.39 is 139 Å². The van der Waals surface area contributed by atoms with Crippen LogP contribution in [0.1, 0.15) is 18.6 Å². The van der Waals surface area contributed by atoms with Gasteiger partial charge in [0.2, 0.25) is 32.9 Å². The zero-order valence-corrected chi connectivity index (χ0v) is 47.9. The summed E-state index contributed by atoms with van der Waals surface area (Å²) in [5.41, 5.74) is -2.02. The molecular weight excluding hydrogens is 1260 g/mol. The Bertz CT molecular complexity index is 4390. The second-order valence-electron chi connectivity index (χ2n) is 16.2. The number of hydrogen-bond donors (Lipinski definition) is 9. The summed E-state index contributed by atoms with van der Waals surface area (Å²) >= 11 is 9.77. The van der Waals surface area contributed by atoms with Crippen LogP contribution in [-0.4, -0.2) is 120 Å². The third-order valence-electron chi connectivity index (χ3n) is 10.5. The molecule has 0 spiro atoms. The van der Waals surface area contributed by atoms with Crippen molar-refractivity contribution in [1.29, 1.82) is 0 Å². The van der Waals surface area contributed by atoms with Crippen molar-refractivity contribution in [3.05, 3.63) is 108 Å². The van der Waals surface area contributed by atoms with E-state index in [4.69, 9.17) is 31.9 Å². The molecule has 1 amide bonds. The van der Waals surface area contributed by atoms with E-state index in [9.17, 15) is 75.0 Å². The summed E-state index contributed by atoms with van der Waals surface area (Å²) in [5.74, 6) is -5.55. The number of anilines is 5. The van der Waals surface area contributed by atoms with Crippen LogP contribution in [0, 0.1) is 13.8 Å². The van der Waals surface area contributed by atoms with Crippen molar-refractivity contribution in [2.75, 3.05) is 40.1 Å². The van der Waals surface area contributed by atoms with Crippen molar-refractivity contribution in [1.82, 2.24) is 15.0 Å². The second kappa shape index (κ2) is 26.5. The number of aromatic nitrogens is 3. The van der Waals surface area contributed by atoms with Crippen molar-refractivity contribution >= 4 is 164 Å². The van der Waals surface area contributed by atoms with Gasteiger partial charge in [-0.05, 0) is 120 Å². The Morgan fingerprint density at radius 2 is 1.24 bits per heavy atom. The van der Waals surface area contributed by atoms with Gasteiger partial charge in [0, 0.05) is 22.3 Å². The fourth-order valence-electron chi connectivity index (χ4n) is 7.21. The fourth-order valence-corrected chi connectivity index (χ4v) is 11.7. The van der Waals surface area contributed by atoms with E-state index in [0.717, 1.165) is 60.7 Å². The topological polar surface area (TPSA) is 469 Å². The zero-order chi connectivity index (χ0) is 60.9. The van der Waals surface area contributed by atoms with Crippen LogP contribution < -0.4 is 16.0 Å². The molecule has 444 valence electrons. The highest BCUT2D eigenvalue weighted by molar-refractivity contribution is 7.92. The molecule has 0 radical (unpaired) electrons. The average molecular weight is 1310 g/mol. The molecule has 1 atom stereocenters. The monoisotopic (exact) mass is 1310 g/mol. The summed E-state index contributed by atoms with van der Waals surface area (Å²) in [4.78, 5) is 21.9. The largest absolute Gasteiger partial charge is 0.505 e. The molecule has 38 heteroatoms. The molecule has 1 aromatic heterocycles. The fraction of sp³-hybridized carbons (Fsp3) is 0.156. The summed E-state index contributed by atoms with van der Waals surface area (Å²) in [6.45, 7) is 8.82. The number of rotatable bonds is 21. The van der Waals surface area contributed by atoms with E-state index in [1.807, 2.05) is 0 Å². The predicted octanol–water partition coefficient (Wildman–Crippen LogP) is 8.76. The molecule has 0 saturated carbocycles. The Hall–Kier alpha value is -7.30. The maximum atomic E-state index is 12.7. The first kappa shape index (κ1) is 66.5. The molecule has 0 aliphatic heterocycles. The quantitative estimate of drug-likeness (QED) is 0.0140. The van der Waals surface area contributed by atoms with Gasteiger partial charge in [-0.1, -0.05) is 13.5 Å². The average Bonchev–Trinajstić information content (AvgIpc) is 3.10. The number of phenols is 2. The molecule has 7 rings (SSSR count). The number of halogens is 2. The van der Waals surface area contributed by atoms with Gasteiger partial charge in [-0.25, -0.2) is 16.8 Å². The highest BCUT2D eigenvalue weighted by Crippen LogP contribution is 2.47. The SMILES string of the molecule is C.C=C.Cc1cc(Nc2nc(Cl)nc(Nc3cc(S(=O)(=O)O)cc4cc(C)c(N=Nc5cc(NC(=O)CS(=O)OCCCl)ccc5S(=O)(=O)O)c(O)c34)n2)c2c(O)c(N=Nc3ccc(S(=O)(=O)COS(=O)(=O)O)cc3)c(S(=O)(=O)O)cc2c1. The normalized spacial score (nSPS) is 12.7. The van der Waals surface area contributed by atoms with Gasteiger partial charge in [0.1, 0.15) is 32.6 Å². The first-order valence-corrected chi connectivity index (χ1v) is 31.5. The van der Waals surface area contributed by atoms with Gasteiger partial charge in [-0.2, -0.15) is 53.7 Å². The van der Waals surface area contributed by atoms with Crippen molar-refractivity contribution in [2.45, 2.75) is 40.9 Å². The zero-order valence-electron chi connectivity index (χ0n) is 41.5. The number of aryl methyl sites for hydroxylation is 2. The molecule has 0 saturated heterocycles. The number of phenolic OH excluding ortho intramolecular Hbond substituents is 2. The van der Waals surface area contributed by atoms with Gasteiger partial charge in [0.15, 0.2) is 28.5 Å². The number of aromatic hydroxyl groups is 2. The van der Waals surface area contributed by atoms with Crippen molar-refractivity contribution in [3.63, 3.8) is 0 Å². The number of sulfone groups is 1. The lowest BCUT2D eigenvalue weighted by atomic mass is 10.0. The van der Waals surface area contributed by atoms with Crippen LogP contribution in [-0.2, 0) is 74.8 Å². The molecule has 83 heavy (non-hydrogen) atoms. The Balaban J connectivity index is 0.00000416. The predicted molar refractivity (Wildman–Crippen MR) is 304 cm³/mol. The number of nitrogens with one attached hydrogen (secondary N) is 3. The summed E-state index contributed by atoms with van der Waals surface area (Å²) < 4.78 is 182. The van der Waals surface area contributed by atoms with E-state index in [2.05, 4.69) is 68.7 Å². The molecule has 30 nitrogen and oxygen atoms in total. The highest BCUT2D eigenvalue weighted by Gasteiger charge is 2.26. The second-order valence-corrected chi connectivity index (χ2v) is 25.3. The molecule has 0 aliphatic carbocycles. The van der Waals surface area contributed by atoms with E-state index >= 15 is 0 Å². The smallest absolute Gasteiger partial charge is 0.398 e. The molecule has 1 heterocycles. The lowest BCUT2D eigenvalue weighted by Gasteiger charge is -2.16. The Kier molecular flexibility index (Phi) is 21.2. The number of hydrogen-bond acceptors (Lipinski definition) is 25. The number of amides is 1. The minimum atomic E-state index is -5.19. The maximum absolute atomic E-state index is 12.7. The Labute approximate surface area is 485 Å². The van der Waals surface area contributed by atoms with Crippen molar-refractivity contribution in [3.8, 4) is 11.5 Å². The maximum Gasteiger partial charge on any atom is 0.398 e. The highest BCUT2D eigenvalue weighted by atomic mass is 35.5. The third kappa shape index (κ3) is 16.9. The van der Waals surface area contributed by atoms with Gasteiger partial charge < -0.3 is 26.2 Å². The molecule has 9 N–H and O–H groups in total. The van der Waals surface area contributed by atoms with Crippen LogP contribution in [0.5, 0.6) is 11.5 Å². The van der Waals surface area contributed by atoms with Crippen molar-refractivity contribution < 1.29 is 87.9 Å². The summed E-state index contributed by atoms with van der Waals surface area (Å²) in [6.07, 6.45) is 0. The van der Waals surface area contributed by atoms with E-state index in [0.29, 0.717) is 5.56 Å². The lowest BCUT2D eigenvalue weighted by Crippen LogP contribution is -2.21. The van der Waals surface area contributed by atoms with Crippen LogP contribution in [0.4, 0.5) is 51.7 Å². The van der Waals surface area contributed by atoms with E-state index in [1.165, 1.54) is 25.1 Å². The minimum Gasteiger partial charge on any atom is -0.505 e. The number of carbonyl (C=O) groups is 1. The van der Waals surface area contributed by atoms with Gasteiger partial charge in [-0.15, -0.1) is 40.1 Å². The summed E-state index contributed by atoms with van der Waals surface area (Å²) in [6, 6.07) is 13.8. The third-order valence-corrected chi connectivity index (χ3v) is 16.3. The van der Waals surface area contributed by atoms with Crippen molar-refractivity contribution in [2.24, 2.45) is 20.5 Å². The van der Waals surface area contributed by atoms with Crippen LogP contribution in [0.3, 0.4) is 0 Å². The van der Waals surface area contributed by atoms with Gasteiger partial charge >= 0.3 is 10.4 Å². The molecule has 6 aromatic carbocycles. The number of alkyl halides is 1. The van der Waals surface area contributed by atoms with Crippen LogP contribution in [0.15, 0.2) is 132 Å². The first-order valence-electron chi connectivity index (χ1n) is 22.0. The molecule has 0 fully saturated rings. The number of fused-ring (bicyclic) bond motifs is 2. The standard InChI is InChI=1S/C42H36Cl2N10O20S6.C2H4.CH4/c1-20-11-22-15-32(79(67,68)69)37(54-51-24-3-6-26(7-4-24)76(59,60)19-74-80(70,71)72)39(57)34(22)29(12-20)46-41-48-40(44)49-42(50-41)47-30-17-27(77(61,62)63)14-23-13-21(2)36(38(56)35(23)30)53-52-28-16-25(5-8-31(28)78(64,65)66)45-33(55)18-75(58)73-10-9-43;1-2;/h3-8,11-17,56-57H,9-10,18-19H2,1-2H3,(H,45,55)(H,61,62,63)(H,64,65,66)(H,67,68,69)(H,70,71,72)(H2,46,47,48,49,50);1-2H2;1H4.